The van der Waals surface area contributed by atoms with Gasteiger partial charge in [-0.3, -0.25) is 19.4 Å². The molecular formula is C54H52Cl3FN6O5. The Labute approximate surface area is 416 Å². The van der Waals surface area contributed by atoms with Crippen LogP contribution in [0.3, 0.4) is 0 Å². The molecule has 1 aromatic heterocycles. The van der Waals surface area contributed by atoms with E-state index in [0.717, 1.165) is 34.4 Å². The second-order valence-electron chi connectivity index (χ2n) is 17.6. The number of hydrogen-bond acceptors (Lipinski definition) is 9. The standard InChI is InChI=1S/C54H52Cl3FN6O5/c1-32(2)23-40-30-63(31-45(34-11-13-36(55)14-12-34)64(40)39-18-15-37(56)16-19-39)51(67)27-50(66)59-22-6-8-46(65)42-20-10-33(24-48(42)69-4)25-49-60-28-35-29-61-54(52-44(58)7-5-9-47(52)68-3)43-26-38(57)17-21-41(43)53(35)62-49/h5,7,9-21,24,26,28,32,40,45H,6,8,22-23,25,27,29-31H2,1-4H3,(H,59,66)/t40-,45-/m0/s1. The van der Waals surface area contributed by atoms with Gasteiger partial charge in [0.25, 0.3) is 0 Å². The molecule has 6 aromatic rings. The highest BCUT2D eigenvalue weighted by Crippen LogP contribution is 2.39. The average Bonchev–Trinajstić information content (AvgIpc) is 3.48. The van der Waals surface area contributed by atoms with E-state index < -0.39 is 11.7 Å². The molecule has 2 atom stereocenters. The van der Waals surface area contributed by atoms with Crippen LogP contribution in [0.15, 0.2) is 114 Å². The van der Waals surface area contributed by atoms with Crippen LogP contribution in [0.1, 0.15) is 89.6 Å². The van der Waals surface area contributed by atoms with Gasteiger partial charge >= 0.3 is 0 Å². The highest BCUT2D eigenvalue weighted by atomic mass is 35.5. The number of aromatic nitrogens is 2. The predicted molar refractivity (Wildman–Crippen MR) is 270 cm³/mol. The third-order valence-electron chi connectivity index (χ3n) is 12.4. The first-order valence-electron chi connectivity index (χ1n) is 22.9. The van der Waals surface area contributed by atoms with E-state index in [1.807, 2.05) is 60.7 Å². The molecule has 1 saturated heterocycles. The Hall–Kier alpha value is -6.34. The number of hydrogen-bond donors (Lipinski definition) is 1. The monoisotopic (exact) mass is 988 g/mol. The van der Waals surface area contributed by atoms with Crippen molar-refractivity contribution in [1.82, 2.24) is 20.2 Å². The summed E-state index contributed by atoms with van der Waals surface area (Å²) in [4.78, 5) is 59.2. The number of amides is 2. The van der Waals surface area contributed by atoms with E-state index in [2.05, 4.69) is 29.0 Å². The first-order chi connectivity index (χ1) is 33.3. The number of rotatable bonds is 16. The summed E-state index contributed by atoms with van der Waals surface area (Å²) in [7, 11) is 3.00. The van der Waals surface area contributed by atoms with Crippen molar-refractivity contribution in [1.29, 1.82) is 0 Å². The number of halogens is 4. The Kier molecular flexibility index (Phi) is 15.6. The fraction of sp³-hybridized carbons (Fsp3) is 0.296. The smallest absolute Gasteiger partial charge is 0.232 e. The zero-order valence-electron chi connectivity index (χ0n) is 38.8. The lowest BCUT2D eigenvalue weighted by atomic mass is 9.92. The number of aliphatic imine (C=N–C) groups is 1. The van der Waals surface area contributed by atoms with E-state index >= 15 is 4.39 Å². The molecular weight excluding hydrogens is 938 g/mol. The minimum atomic E-state index is -0.472. The maximum absolute atomic E-state index is 15.4. The largest absolute Gasteiger partial charge is 0.496 e. The van der Waals surface area contributed by atoms with Crippen molar-refractivity contribution in [2.75, 3.05) is 38.8 Å². The van der Waals surface area contributed by atoms with Crippen LogP contribution in [-0.2, 0) is 22.6 Å². The van der Waals surface area contributed by atoms with Gasteiger partial charge in [0.2, 0.25) is 11.8 Å². The highest BCUT2D eigenvalue weighted by molar-refractivity contribution is 6.32. The van der Waals surface area contributed by atoms with Crippen molar-refractivity contribution >= 4 is 63.8 Å². The van der Waals surface area contributed by atoms with Gasteiger partial charge in [0.15, 0.2) is 5.78 Å². The number of ether oxygens (including phenoxy) is 2. The third kappa shape index (κ3) is 11.4. The summed E-state index contributed by atoms with van der Waals surface area (Å²) in [5.41, 5.74) is 6.64. The quantitative estimate of drug-likeness (QED) is 0.0577. The Morgan fingerprint density at radius 1 is 0.841 bits per heavy atom. The molecule has 8 rings (SSSR count). The Bertz CT molecular complexity index is 2900. The van der Waals surface area contributed by atoms with Crippen molar-refractivity contribution < 1.29 is 28.2 Å². The molecule has 0 saturated carbocycles. The van der Waals surface area contributed by atoms with Crippen molar-refractivity contribution in [2.45, 2.75) is 64.6 Å². The van der Waals surface area contributed by atoms with Gasteiger partial charge in [0, 0.05) is 82.2 Å². The maximum Gasteiger partial charge on any atom is 0.232 e. The first-order valence-corrected chi connectivity index (χ1v) is 24.0. The third-order valence-corrected chi connectivity index (χ3v) is 13.2. The predicted octanol–water partition coefficient (Wildman–Crippen LogP) is 11.2. The fourth-order valence-corrected chi connectivity index (χ4v) is 9.63. The maximum atomic E-state index is 15.4. The van der Waals surface area contributed by atoms with Crippen LogP contribution < -0.4 is 19.7 Å². The van der Waals surface area contributed by atoms with E-state index in [9.17, 15) is 14.4 Å². The lowest BCUT2D eigenvalue weighted by Crippen LogP contribution is -2.57. The lowest BCUT2D eigenvalue weighted by molar-refractivity contribution is -0.137. The molecule has 11 nitrogen and oxygen atoms in total. The molecule has 3 heterocycles. The summed E-state index contributed by atoms with van der Waals surface area (Å²) < 4.78 is 26.6. The molecule has 15 heteroatoms. The van der Waals surface area contributed by atoms with Crippen LogP contribution in [0.25, 0.3) is 11.3 Å². The zero-order valence-corrected chi connectivity index (χ0v) is 41.0. The number of nitrogens with zero attached hydrogens (tertiary/aromatic N) is 5. The molecule has 0 aliphatic carbocycles. The van der Waals surface area contributed by atoms with E-state index in [4.69, 9.17) is 54.3 Å². The van der Waals surface area contributed by atoms with Crippen LogP contribution >= 0.6 is 34.8 Å². The summed E-state index contributed by atoms with van der Waals surface area (Å²) in [5, 5.41) is 4.58. The number of Topliss-reactive ketones (excluding diaryl/α,β-unsaturated/α-hetero) is 1. The van der Waals surface area contributed by atoms with Gasteiger partial charge in [-0.25, -0.2) is 14.4 Å². The van der Waals surface area contributed by atoms with Gasteiger partial charge in [-0.1, -0.05) is 79.0 Å². The number of carbonyl (C=O) groups excluding carboxylic acids is 3. The minimum absolute atomic E-state index is 0.0189. The van der Waals surface area contributed by atoms with Crippen LogP contribution in [-0.4, -0.2) is 78.1 Å². The molecule has 1 fully saturated rings. The molecule has 0 unspecified atom stereocenters. The molecule has 2 amide bonds. The van der Waals surface area contributed by atoms with Crippen molar-refractivity contribution in [3.63, 3.8) is 0 Å². The Morgan fingerprint density at radius 2 is 1.57 bits per heavy atom. The number of piperazine rings is 1. The number of nitrogens with one attached hydrogen (secondary N) is 1. The lowest BCUT2D eigenvalue weighted by Gasteiger charge is -2.49. The molecule has 0 spiro atoms. The number of ketones is 1. The number of methoxy groups -OCH3 is 2. The second-order valence-corrected chi connectivity index (χ2v) is 18.9. The van der Waals surface area contributed by atoms with Gasteiger partial charge in [0.05, 0.1) is 49.3 Å². The van der Waals surface area contributed by atoms with Crippen LogP contribution in [0.2, 0.25) is 15.1 Å². The molecule has 356 valence electrons. The summed E-state index contributed by atoms with van der Waals surface area (Å²) in [5.74, 6) is 0.348. The van der Waals surface area contributed by atoms with Crippen molar-refractivity contribution in [3.8, 4) is 22.8 Å². The van der Waals surface area contributed by atoms with E-state index in [-0.39, 0.29) is 55.3 Å². The first kappa shape index (κ1) is 49.1. The van der Waals surface area contributed by atoms with Gasteiger partial charge in [-0.15, -0.1) is 0 Å². The van der Waals surface area contributed by atoms with E-state index in [1.165, 1.54) is 20.3 Å². The van der Waals surface area contributed by atoms with Crippen molar-refractivity contribution in [2.24, 2.45) is 10.9 Å². The molecule has 0 radical (unpaired) electrons. The average molecular weight is 990 g/mol. The van der Waals surface area contributed by atoms with Gasteiger partial charge in [0.1, 0.15) is 29.6 Å². The molecule has 1 N–H and O–H groups in total. The number of benzene rings is 5. The molecule has 5 aromatic carbocycles. The van der Waals surface area contributed by atoms with E-state index in [1.54, 1.807) is 47.5 Å². The summed E-state index contributed by atoms with van der Waals surface area (Å²) in [6, 6.07) is 30.6. The van der Waals surface area contributed by atoms with Crippen LogP contribution in [0, 0.1) is 11.7 Å². The minimum Gasteiger partial charge on any atom is -0.496 e. The normalized spacial score (nSPS) is 15.5. The highest BCUT2D eigenvalue weighted by Gasteiger charge is 2.38. The topological polar surface area (TPSA) is 126 Å². The summed E-state index contributed by atoms with van der Waals surface area (Å²) >= 11 is 19.0. The molecule has 2 aliphatic heterocycles. The SMILES string of the molecule is COc1cc(Cc2ncc3c(n2)-c2ccc(Cl)cc2C(c2c(F)cccc2OC)=NC3)ccc1C(=O)CCCNC(=O)CC(=O)N1C[C@H](CC(C)C)N(c2ccc(Cl)cc2)[C@H](c2ccc(Cl)cc2)C1. The second kappa shape index (κ2) is 22.0. The number of fused-ring (bicyclic) bond motifs is 3. The van der Waals surface area contributed by atoms with Crippen molar-refractivity contribution in [3.05, 3.63) is 169 Å². The number of anilines is 1. The van der Waals surface area contributed by atoms with Crippen LogP contribution in [0.5, 0.6) is 11.5 Å². The zero-order chi connectivity index (χ0) is 48.8. The summed E-state index contributed by atoms with van der Waals surface area (Å²) in [6.45, 7) is 5.59. The Morgan fingerprint density at radius 3 is 2.29 bits per heavy atom. The fourth-order valence-electron chi connectivity index (χ4n) is 9.20. The number of carbonyl (C=O) groups is 3. The van der Waals surface area contributed by atoms with Gasteiger partial charge in [-0.2, -0.15) is 0 Å². The van der Waals surface area contributed by atoms with Gasteiger partial charge < -0.3 is 24.6 Å². The molecule has 2 aliphatic rings. The Balaban J connectivity index is 0.887. The summed E-state index contributed by atoms with van der Waals surface area (Å²) in [6.07, 6.45) is 3.10. The van der Waals surface area contributed by atoms with Crippen LogP contribution in [0.4, 0.5) is 10.1 Å². The molecule has 69 heavy (non-hydrogen) atoms. The van der Waals surface area contributed by atoms with Gasteiger partial charge in [-0.05, 0) is 103 Å². The van der Waals surface area contributed by atoms with E-state index in [0.29, 0.717) is 86.8 Å². The molecule has 0 bridgehead atoms.